The molecule has 1 atom stereocenters. The van der Waals surface area contributed by atoms with Crippen LogP contribution in [-0.2, 0) is 9.59 Å². The molecule has 5 heteroatoms. The van der Waals surface area contributed by atoms with E-state index in [9.17, 15) is 9.59 Å². The molecule has 0 saturated carbocycles. The van der Waals surface area contributed by atoms with Crippen LogP contribution in [0.4, 0.5) is 5.69 Å². The van der Waals surface area contributed by atoms with Crippen LogP contribution in [0.2, 0.25) is 0 Å². The van der Waals surface area contributed by atoms with Gasteiger partial charge < -0.3 is 5.32 Å². The lowest BCUT2D eigenvalue weighted by atomic mass is 10.3. The summed E-state index contributed by atoms with van der Waals surface area (Å²) in [7, 11) is 0. The Labute approximate surface area is 99.1 Å². The first-order valence-corrected chi connectivity index (χ1v) is 5.30. The summed E-state index contributed by atoms with van der Waals surface area (Å²) in [6.45, 7) is 3.11. The number of anilines is 1. The fraction of sp³-hybridized carbons (Fsp3) is 0.250. The zero-order chi connectivity index (χ0) is 12.4. The molecule has 2 rings (SSSR count). The molecule has 0 spiro atoms. The van der Waals surface area contributed by atoms with Crippen LogP contribution >= 0.6 is 0 Å². The van der Waals surface area contributed by atoms with Crippen molar-refractivity contribution in [3.63, 3.8) is 0 Å². The number of nitrogens with one attached hydrogen (secondary N) is 1. The van der Waals surface area contributed by atoms with Gasteiger partial charge in [-0.05, 0) is 19.1 Å². The van der Waals surface area contributed by atoms with Gasteiger partial charge in [0.2, 0.25) is 12.1 Å². The van der Waals surface area contributed by atoms with Gasteiger partial charge in [-0.15, -0.1) is 0 Å². The summed E-state index contributed by atoms with van der Waals surface area (Å²) in [6, 6.07) is 9.23. The lowest BCUT2D eigenvalue weighted by Crippen LogP contribution is -2.42. The van der Waals surface area contributed by atoms with Crippen molar-refractivity contribution in [2.45, 2.75) is 20.0 Å². The molecular weight excluding hydrogens is 218 g/mol. The van der Waals surface area contributed by atoms with Crippen molar-refractivity contribution in [3.05, 3.63) is 30.3 Å². The number of amides is 2. The van der Waals surface area contributed by atoms with Gasteiger partial charge >= 0.3 is 0 Å². The molecule has 0 fully saturated rings. The minimum atomic E-state index is -0.798. The van der Waals surface area contributed by atoms with Gasteiger partial charge in [0, 0.05) is 6.92 Å². The maximum atomic E-state index is 12.0. The van der Waals surface area contributed by atoms with Crippen molar-refractivity contribution in [3.8, 4) is 0 Å². The number of para-hydroxylation sites is 1. The monoisotopic (exact) mass is 231 g/mol. The molecule has 1 aromatic rings. The van der Waals surface area contributed by atoms with E-state index in [1.807, 2.05) is 30.3 Å². The van der Waals surface area contributed by atoms with E-state index in [0.29, 0.717) is 5.84 Å². The topological polar surface area (TPSA) is 61.8 Å². The van der Waals surface area contributed by atoms with E-state index in [4.69, 9.17) is 0 Å². The molecule has 1 heterocycles. The van der Waals surface area contributed by atoms with Crippen LogP contribution in [0.15, 0.2) is 35.3 Å². The highest BCUT2D eigenvalue weighted by atomic mass is 16.2. The Morgan fingerprint density at radius 3 is 2.59 bits per heavy atom. The number of amidine groups is 1. The number of benzene rings is 1. The fourth-order valence-electron chi connectivity index (χ4n) is 1.76. The summed E-state index contributed by atoms with van der Waals surface area (Å²) in [5.74, 6) is 0.0821. The number of hydrogen-bond acceptors (Lipinski definition) is 3. The zero-order valence-corrected chi connectivity index (χ0v) is 9.68. The molecule has 0 aromatic heterocycles. The highest BCUT2D eigenvalue weighted by Gasteiger charge is 2.33. The van der Waals surface area contributed by atoms with Crippen LogP contribution in [0.3, 0.4) is 0 Å². The minimum Gasteiger partial charge on any atom is -0.327 e. The predicted molar refractivity (Wildman–Crippen MR) is 64.6 cm³/mol. The van der Waals surface area contributed by atoms with Gasteiger partial charge in [-0.1, -0.05) is 18.2 Å². The largest absolute Gasteiger partial charge is 0.327 e. The molecule has 88 valence electrons. The molecule has 1 aromatic carbocycles. The van der Waals surface area contributed by atoms with Crippen LogP contribution < -0.4 is 10.2 Å². The number of nitrogens with zero attached hydrogens (tertiary/aromatic N) is 2. The predicted octanol–water partition coefficient (Wildman–Crippen LogP) is 0.914. The Balaban J connectivity index is 2.25. The first-order chi connectivity index (χ1) is 8.09. The van der Waals surface area contributed by atoms with Crippen LogP contribution in [0.1, 0.15) is 13.8 Å². The van der Waals surface area contributed by atoms with Crippen molar-refractivity contribution in [1.29, 1.82) is 0 Å². The van der Waals surface area contributed by atoms with Gasteiger partial charge in [-0.25, -0.2) is 4.99 Å². The SMILES string of the molecule is CC(=O)N[C@H]1N=C(C)N(c2ccccc2)C1=O. The van der Waals surface area contributed by atoms with E-state index < -0.39 is 6.17 Å². The fourth-order valence-corrected chi connectivity index (χ4v) is 1.76. The van der Waals surface area contributed by atoms with Gasteiger partial charge in [0.25, 0.3) is 5.91 Å². The van der Waals surface area contributed by atoms with E-state index in [1.54, 1.807) is 6.92 Å². The summed E-state index contributed by atoms with van der Waals surface area (Å²) in [4.78, 5) is 28.6. The van der Waals surface area contributed by atoms with E-state index in [2.05, 4.69) is 10.3 Å². The van der Waals surface area contributed by atoms with Gasteiger partial charge in [0.05, 0.1) is 5.69 Å². The zero-order valence-electron chi connectivity index (χ0n) is 9.68. The molecule has 1 aliphatic heterocycles. The summed E-state index contributed by atoms with van der Waals surface area (Å²) >= 11 is 0. The molecule has 17 heavy (non-hydrogen) atoms. The Morgan fingerprint density at radius 2 is 2.00 bits per heavy atom. The molecule has 5 nitrogen and oxygen atoms in total. The normalized spacial score (nSPS) is 19.2. The van der Waals surface area contributed by atoms with Gasteiger partial charge in [0.1, 0.15) is 5.84 Å². The summed E-state index contributed by atoms with van der Waals surface area (Å²) in [6.07, 6.45) is -0.798. The number of rotatable bonds is 2. The molecule has 0 radical (unpaired) electrons. The molecule has 0 aliphatic carbocycles. The van der Waals surface area contributed by atoms with Crippen LogP contribution in [-0.4, -0.2) is 23.8 Å². The van der Waals surface area contributed by atoms with Crippen molar-refractivity contribution in [2.24, 2.45) is 4.99 Å². The standard InChI is InChI=1S/C12H13N3O2/c1-8-13-11(14-9(2)16)12(17)15(8)10-6-4-3-5-7-10/h3-7,11H,1-2H3,(H,14,16)/t11-/m1/s1. The summed E-state index contributed by atoms with van der Waals surface area (Å²) in [5, 5.41) is 2.50. The second-order valence-electron chi connectivity index (χ2n) is 3.79. The first kappa shape index (κ1) is 11.3. The second kappa shape index (κ2) is 4.37. The Hall–Kier alpha value is -2.17. The van der Waals surface area contributed by atoms with Crippen molar-refractivity contribution < 1.29 is 9.59 Å². The Morgan fingerprint density at radius 1 is 1.35 bits per heavy atom. The highest BCUT2D eigenvalue weighted by molar-refractivity contribution is 6.22. The molecule has 1 N–H and O–H groups in total. The van der Waals surface area contributed by atoms with E-state index in [1.165, 1.54) is 11.8 Å². The molecule has 0 saturated heterocycles. The van der Waals surface area contributed by atoms with Gasteiger partial charge in [-0.3, -0.25) is 14.5 Å². The Bertz CT molecular complexity index is 482. The molecule has 2 amide bonds. The average Bonchev–Trinajstić information content (AvgIpc) is 2.54. The van der Waals surface area contributed by atoms with E-state index in [0.717, 1.165) is 5.69 Å². The smallest absolute Gasteiger partial charge is 0.277 e. The summed E-state index contributed by atoms with van der Waals surface area (Å²) < 4.78 is 0. The number of carbonyl (C=O) groups excluding carboxylic acids is 2. The third-order valence-electron chi connectivity index (χ3n) is 2.45. The number of carbonyl (C=O) groups is 2. The van der Waals surface area contributed by atoms with Crippen molar-refractivity contribution in [1.82, 2.24) is 5.32 Å². The van der Waals surface area contributed by atoms with Gasteiger partial charge in [-0.2, -0.15) is 0 Å². The highest BCUT2D eigenvalue weighted by Crippen LogP contribution is 2.20. The van der Waals surface area contributed by atoms with E-state index >= 15 is 0 Å². The first-order valence-electron chi connectivity index (χ1n) is 5.30. The molecule has 1 aliphatic rings. The third-order valence-corrected chi connectivity index (χ3v) is 2.45. The maximum absolute atomic E-state index is 12.0. The lowest BCUT2D eigenvalue weighted by Gasteiger charge is -2.17. The minimum absolute atomic E-state index is 0.232. The van der Waals surface area contributed by atoms with E-state index in [-0.39, 0.29) is 11.8 Å². The molecule has 0 unspecified atom stereocenters. The number of hydrogen-bond donors (Lipinski definition) is 1. The third kappa shape index (κ3) is 2.18. The van der Waals surface area contributed by atoms with Crippen molar-refractivity contribution >= 4 is 23.3 Å². The number of aliphatic imine (C=N–C) groups is 1. The Kier molecular flexibility index (Phi) is 2.91. The molecular formula is C12H13N3O2. The van der Waals surface area contributed by atoms with Crippen LogP contribution in [0, 0.1) is 0 Å². The molecule has 0 bridgehead atoms. The van der Waals surface area contributed by atoms with Crippen LogP contribution in [0.25, 0.3) is 0 Å². The van der Waals surface area contributed by atoms with Crippen LogP contribution in [0.5, 0.6) is 0 Å². The maximum Gasteiger partial charge on any atom is 0.277 e. The quantitative estimate of drug-likeness (QED) is 0.822. The van der Waals surface area contributed by atoms with Gasteiger partial charge in [0.15, 0.2) is 0 Å². The van der Waals surface area contributed by atoms with Crippen molar-refractivity contribution in [2.75, 3.05) is 4.90 Å². The second-order valence-corrected chi connectivity index (χ2v) is 3.79. The summed E-state index contributed by atoms with van der Waals surface area (Å²) in [5.41, 5.74) is 0.756. The average molecular weight is 231 g/mol. The lowest BCUT2D eigenvalue weighted by molar-refractivity contribution is -0.125.